The number of hydrogen-bond acceptors (Lipinski definition) is 8. The van der Waals surface area contributed by atoms with Crippen molar-refractivity contribution in [2.75, 3.05) is 12.4 Å². The third-order valence-electron chi connectivity index (χ3n) is 4.96. The summed E-state index contributed by atoms with van der Waals surface area (Å²) >= 11 is 0. The largest absolute Gasteiger partial charge is 0.467 e. The van der Waals surface area contributed by atoms with Crippen LogP contribution in [0.15, 0.2) is 54.9 Å². The fourth-order valence-corrected chi connectivity index (χ4v) is 3.24. The Hall–Kier alpha value is -4.01. The first kappa shape index (κ1) is 24.6. The third kappa shape index (κ3) is 6.50. The molecule has 2 N–H and O–H groups in total. The molecule has 0 fully saturated rings. The van der Waals surface area contributed by atoms with Gasteiger partial charge in [-0.25, -0.2) is 19.6 Å². The highest BCUT2D eigenvalue weighted by Gasteiger charge is 2.32. The van der Waals surface area contributed by atoms with Crippen LogP contribution < -0.4 is 10.6 Å². The van der Waals surface area contributed by atoms with E-state index in [1.807, 2.05) is 64.1 Å². The summed E-state index contributed by atoms with van der Waals surface area (Å²) in [7, 11) is 1.25. The fourth-order valence-electron chi connectivity index (χ4n) is 3.24. The van der Waals surface area contributed by atoms with Crippen molar-refractivity contribution >= 4 is 23.7 Å². The van der Waals surface area contributed by atoms with E-state index in [9.17, 15) is 9.59 Å². The molecule has 0 saturated carbocycles. The molecule has 9 nitrogen and oxygen atoms in total. The summed E-state index contributed by atoms with van der Waals surface area (Å²) in [6, 6.07) is 11.7. The van der Waals surface area contributed by atoms with Crippen molar-refractivity contribution in [2.24, 2.45) is 0 Å². The van der Waals surface area contributed by atoms with Crippen LogP contribution in [0.25, 0.3) is 0 Å². The van der Waals surface area contributed by atoms with Gasteiger partial charge in [0.15, 0.2) is 6.04 Å². The Kier molecular flexibility index (Phi) is 7.78. The highest BCUT2D eigenvalue weighted by molar-refractivity contribution is 5.82. The maximum absolute atomic E-state index is 12.7. The molecule has 2 aromatic heterocycles. The highest BCUT2D eigenvalue weighted by atomic mass is 16.6. The number of amides is 1. The van der Waals surface area contributed by atoms with Crippen LogP contribution in [0.1, 0.15) is 49.3 Å². The normalized spacial score (nSPS) is 11.9. The van der Waals surface area contributed by atoms with E-state index in [0.717, 1.165) is 16.9 Å². The number of ether oxygens (including phenoxy) is 2. The van der Waals surface area contributed by atoms with E-state index in [1.165, 1.54) is 7.11 Å². The topological polar surface area (TPSA) is 115 Å². The number of hydrogen-bond donors (Lipinski definition) is 2. The lowest BCUT2D eigenvalue weighted by Gasteiger charge is -2.26. The van der Waals surface area contributed by atoms with Crippen molar-refractivity contribution in [3.05, 3.63) is 77.4 Å². The quantitative estimate of drug-likeness (QED) is 0.497. The molecule has 1 aromatic carbocycles. The minimum atomic E-state index is -1.19. The molecule has 2 heterocycles. The Labute approximate surface area is 199 Å². The van der Waals surface area contributed by atoms with Crippen molar-refractivity contribution in [1.82, 2.24) is 20.3 Å². The first-order valence-electron chi connectivity index (χ1n) is 10.8. The lowest BCUT2D eigenvalue weighted by Crippen LogP contribution is -2.37. The second-order valence-electron chi connectivity index (χ2n) is 8.72. The van der Waals surface area contributed by atoms with Crippen LogP contribution in [-0.2, 0) is 26.3 Å². The molecule has 0 aliphatic rings. The van der Waals surface area contributed by atoms with E-state index in [4.69, 9.17) is 9.47 Å². The maximum Gasteiger partial charge on any atom is 0.408 e. The lowest BCUT2D eigenvalue weighted by molar-refractivity contribution is -0.143. The molecule has 0 aliphatic heterocycles. The Balaban J connectivity index is 1.90. The summed E-state index contributed by atoms with van der Waals surface area (Å²) in [6.45, 7) is 7.84. The number of aromatic nitrogens is 3. The molecule has 178 valence electrons. The van der Waals surface area contributed by atoms with Crippen LogP contribution in [0, 0.1) is 6.92 Å². The first-order chi connectivity index (χ1) is 16.2. The Morgan fingerprint density at radius 2 is 1.82 bits per heavy atom. The summed E-state index contributed by atoms with van der Waals surface area (Å²) in [5.74, 6) is -0.409. The van der Waals surface area contributed by atoms with Crippen LogP contribution in [0.5, 0.6) is 0 Å². The van der Waals surface area contributed by atoms with Crippen molar-refractivity contribution in [1.29, 1.82) is 0 Å². The van der Waals surface area contributed by atoms with Crippen LogP contribution in [0.3, 0.4) is 0 Å². The Bertz CT molecular complexity index is 1150. The smallest absolute Gasteiger partial charge is 0.408 e. The summed E-state index contributed by atoms with van der Waals surface area (Å²) in [5, 5.41) is 5.72. The van der Waals surface area contributed by atoms with Gasteiger partial charge >= 0.3 is 12.1 Å². The summed E-state index contributed by atoms with van der Waals surface area (Å²) < 4.78 is 10.3. The van der Waals surface area contributed by atoms with Crippen LogP contribution in [0.2, 0.25) is 0 Å². The van der Waals surface area contributed by atoms with E-state index in [1.54, 1.807) is 18.5 Å². The third-order valence-corrected chi connectivity index (χ3v) is 4.96. The molecule has 9 heteroatoms. The second-order valence-corrected chi connectivity index (χ2v) is 8.72. The van der Waals surface area contributed by atoms with Crippen molar-refractivity contribution in [3.63, 3.8) is 0 Å². The number of carbonyl (C=O) groups is 2. The van der Waals surface area contributed by atoms with Gasteiger partial charge in [0, 0.05) is 29.3 Å². The average Bonchev–Trinajstić information content (AvgIpc) is 2.80. The predicted molar refractivity (Wildman–Crippen MR) is 128 cm³/mol. The first-order valence-corrected chi connectivity index (χ1v) is 10.8. The Morgan fingerprint density at radius 3 is 2.47 bits per heavy atom. The standard InChI is InChI=1S/C25H29N5O4/c1-16-13-18(11-12-26-16)28-23-27-14-19(25(2,3)4)20(29-23)21(22(31)33-5)30-24(32)34-15-17-9-7-6-8-10-17/h6-14,21H,15H2,1-5H3,(H,30,32)(H,26,27,28,29). The zero-order valence-corrected chi connectivity index (χ0v) is 20.0. The lowest BCUT2D eigenvalue weighted by atomic mass is 9.85. The molecular formula is C25H29N5O4. The molecule has 3 rings (SSSR count). The van der Waals surface area contributed by atoms with E-state index in [-0.39, 0.29) is 12.6 Å². The van der Waals surface area contributed by atoms with Gasteiger partial charge in [-0.1, -0.05) is 51.1 Å². The molecule has 3 aromatic rings. The van der Waals surface area contributed by atoms with E-state index in [2.05, 4.69) is 25.6 Å². The van der Waals surface area contributed by atoms with Gasteiger partial charge in [0.2, 0.25) is 5.95 Å². The molecule has 1 unspecified atom stereocenters. The number of pyridine rings is 1. The minimum absolute atomic E-state index is 0.0602. The number of alkyl carbamates (subject to hydrolysis) is 1. The van der Waals surface area contributed by atoms with Gasteiger partial charge in [0.1, 0.15) is 6.61 Å². The maximum atomic E-state index is 12.7. The average molecular weight is 464 g/mol. The van der Waals surface area contributed by atoms with E-state index >= 15 is 0 Å². The van der Waals surface area contributed by atoms with Gasteiger partial charge in [0.25, 0.3) is 0 Å². The molecular weight excluding hydrogens is 434 g/mol. The molecule has 34 heavy (non-hydrogen) atoms. The summed E-state index contributed by atoms with van der Waals surface area (Å²) in [6.07, 6.45) is 2.55. The minimum Gasteiger partial charge on any atom is -0.467 e. The highest BCUT2D eigenvalue weighted by Crippen LogP contribution is 2.30. The number of esters is 1. The van der Waals surface area contributed by atoms with Crippen molar-refractivity contribution in [3.8, 4) is 0 Å². The summed E-state index contributed by atoms with van der Waals surface area (Å²) in [4.78, 5) is 38.5. The number of nitrogens with zero attached hydrogens (tertiary/aromatic N) is 3. The number of carbonyl (C=O) groups excluding carboxylic acids is 2. The number of nitrogens with one attached hydrogen (secondary N) is 2. The SMILES string of the molecule is COC(=O)C(NC(=O)OCc1ccccc1)c1nc(Nc2ccnc(C)c2)ncc1C(C)(C)C. The predicted octanol–water partition coefficient (Wildman–Crippen LogP) is 4.36. The number of benzene rings is 1. The molecule has 0 radical (unpaired) electrons. The van der Waals surface area contributed by atoms with Crippen molar-refractivity contribution < 1.29 is 19.1 Å². The van der Waals surface area contributed by atoms with Gasteiger partial charge in [-0.05, 0) is 30.0 Å². The fraction of sp³-hybridized carbons (Fsp3) is 0.320. The summed E-state index contributed by atoms with van der Waals surface area (Å²) in [5.41, 5.74) is 2.98. The molecule has 0 aliphatic carbocycles. The molecule has 1 atom stereocenters. The molecule has 0 saturated heterocycles. The van der Waals surface area contributed by atoms with Gasteiger partial charge in [0.05, 0.1) is 12.8 Å². The Morgan fingerprint density at radius 1 is 1.09 bits per heavy atom. The number of methoxy groups -OCH3 is 1. The monoisotopic (exact) mass is 463 g/mol. The van der Waals surface area contributed by atoms with E-state index < -0.39 is 23.5 Å². The number of rotatable bonds is 7. The number of aryl methyl sites for hydroxylation is 1. The van der Waals surface area contributed by atoms with Crippen LogP contribution in [0.4, 0.5) is 16.4 Å². The van der Waals surface area contributed by atoms with Gasteiger partial charge in [-0.3, -0.25) is 4.98 Å². The second kappa shape index (κ2) is 10.7. The van der Waals surface area contributed by atoms with E-state index in [0.29, 0.717) is 11.3 Å². The zero-order valence-electron chi connectivity index (χ0n) is 20.0. The van der Waals surface area contributed by atoms with Crippen LogP contribution in [-0.4, -0.2) is 34.1 Å². The van der Waals surface area contributed by atoms with Crippen LogP contribution >= 0.6 is 0 Å². The van der Waals surface area contributed by atoms with Crippen molar-refractivity contribution in [2.45, 2.75) is 45.8 Å². The van der Waals surface area contributed by atoms with Gasteiger partial charge in [-0.15, -0.1) is 0 Å². The van der Waals surface area contributed by atoms with Gasteiger partial charge < -0.3 is 20.1 Å². The number of anilines is 2. The molecule has 1 amide bonds. The zero-order chi connectivity index (χ0) is 24.7. The van der Waals surface area contributed by atoms with Gasteiger partial charge in [-0.2, -0.15) is 0 Å². The molecule has 0 bridgehead atoms. The molecule has 0 spiro atoms.